The minimum Gasteiger partial charge on any atom is -0.355 e. The summed E-state index contributed by atoms with van der Waals surface area (Å²) in [5.74, 6) is -0.553. The Kier molecular flexibility index (Phi) is 5.28. The lowest BCUT2D eigenvalue weighted by molar-refractivity contribution is -0.119. The van der Waals surface area contributed by atoms with Crippen LogP contribution in [0.15, 0.2) is 24.5 Å². The Morgan fingerprint density at radius 3 is 2.81 bits per heavy atom. The van der Waals surface area contributed by atoms with Crippen molar-refractivity contribution in [1.82, 2.24) is 10.3 Å². The number of nitrogens with one attached hydrogen (secondary N) is 2. The van der Waals surface area contributed by atoms with E-state index >= 15 is 0 Å². The van der Waals surface area contributed by atoms with Crippen molar-refractivity contribution in [2.75, 3.05) is 17.7 Å². The van der Waals surface area contributed by atoms with Crippen molar-refractivity contribution >= 4 is 29.1 Å². The third-order valence-corrected chi connectivity index (χ3v) is 1.98. The molecule has 0 aliphatic carbocycles. The number of anilines is 1. The Morgan fingerprint density at radius 2 is 2.19 bits per heavy atom. The Hall–Kier alpha value is -1.62. The fourth-order valence-corrected chi connectivity index (χ4v) is 1.12. The van der Waals surface area contributed by atoms with Crippen LogP contribution in [0.2, 0.25) is 0 Å². The van der Waals surface area contributed by atoms with E-state index in [1.54, 1.807) is 24.5 Å². The van der Waals surface area contributed by atoms with Crippen molar-refractivity contribution in [2.24, 2.45) is 0 Å². The van der Waals surface area contributed by atoms with E-state index in [0.29, 0.717) is 5.69 Å². The van der Waals surface area contributed by atoms with Crippen LogP contribution in [0, 0.1) is 0 Å². The van der Waals surface area contributed by atoms with Gasteiger partial charge in [0.05, 0.1) is 11.9 Å². The van der Waals surface area contributed by atoms with Gasteiger partial charge in [0, 0.05) is 19.2 Å². The predicted octanol–water partition coefficient (Wildman–Crippen LogP) is 0.765. The number of aromatic nitrogens is 1. The first kappa shape index (κ1) is 12.4. The van der Waals surface area contributed by atoms with E-state index in [1.165, 1.54) is 0 Å². The van der Waals surface area contributed by atoms with Crippen molar-refractivity contribution in [1.29, 1.82) is 0 Å². The summed E-state index contributed by atoms with van der Waals surface area (Å²) in [6.07, 6.45) is 3.38. The van der Waals surface area contributed by atoms with Crippen LogP contribution >= 0.6 is 11.6 Å². The highest BCUT2D eigenvalue weighted by Crippen LogP contribution is 2.02. The van der Waals surface area contributed by atoms with Gasteiger partial charge in [0.15, 0.2) is 0 Å². The van der Waals surface area contributed by atoms with Gasteiger partial charge in [0.1, 0.15) is 5.88 Å². The molecule has 0 unspecified atom stereocenters. The smallest absolute Gasteiger partial charge is 0.234 e. The summed E-state index contributed by atoms with van der Waals surface area (Å²) in [5, 5.41) is 5.15. The van der Waals surface area contributed by atoms with Gasteiger partial charge in [-0.2, -0.15) is 0 Å². The Balaban J connectivity index is 2.24. The van der Waals surface area contributed by atoms with Crippen LogP contribution in [0.3, 0.4) is 0 Å². The van der Waals surface area contributed by atoms with Crippen LogP contribution in [-0.2, 0) is 9.59 Å². The monoisotopic (exact) mass is 241 g/mol. The number of hydrogen-bond acceptors (Lipinski definition) is 3. The quantitative estimate of drug-likeness (QED) is 0.748. The van der Waals surface area contributed by atoms with E-state index in [0.717, 1.165) is 0 Å². The largest absolute Gasteiger partial charge is 0.355 e. The van der Waals surface area contributed by atoms with Gasteiger partial charge in [-0.15, -0.1) is 11.6 Å². The summed E-state index contributed by atoms with van der Waals surface area (Å²) < 4.78 is 0. The summed E-state index contributed by atoms with van der Waals surface area (Å²) in [7, 11) is 0. The Bertz CT molecular complexity index is 356. The molecular weight excluding hydrogens is 230 g/mol. The van der Waals surface area contributed by atoms with Crippen LogP contribution < -0.4 is 10.6 Å². The summed E-state index contributed by atoms with van der Waals surface area (Å²) in [6, 6.07) is 3.47. The van der Waals surface area contributed by atoms with Gasteiger partial charge >= 0.3 is 0 Å². The number of rotatable bonds is 5. The molecule has 1 aromatic heterocycles. The minimum atomic E-state index is -0.282. The van der Waals surface area contributed by atoms with E-state index in [1.807, 2.05) is 0 Å². The first-order valence-corrected chi connectivity index (χ1v) is 5.28. The molecule has 0 radical (unpaired) electrons. The molecule has 0 atom stereocenters. The van der Waals surface area contributed by atoms with Gasteiger partial charge in [-0.25, -0.2) is 0 Å². The molecule has 0 saturated heterocycles. The maximum Gasteiger partial charge on any atom is 0.234 e. The number of carbonyl (C=O) groups excluding carboxylic acids is 2. The predicted molar refractivity (Wildman–Crippen MR) is 61.2 cm³/mol. The Morgan fingerprint density at radius 1 is 1.38 bits per heavy atom. The van der Waals surface area contributed by atoms with Gasteiger partial charge in [0.2, 0.25) is 11.8 Å². The fourth-order valence-electron chi connectivity index (χ4n) is 1.02. The van der Waals surface area contributed by atoms with Gasteiger partial charge in [0.25, 0.3) is 0 Å². The van der Waals surface area contributed by atoms with E-state index in [9.17, 15) is 9.59 Å². The first-order valence-electron chi connectivity index (χ1n) is 4.75. The average molecular weight is 242 g/mol. The molecular formula is C10H12ClN3O2. The van der Waals surface area contributed by atoms with Gasteiger partial charge in [-0.1, -0.05) is 0 Å². The zero-order chi connectivity index (χ0) is 11.8. The van der Waals surface area contributed by atoms with Crippen LogP contribution in [0.4, 0.5) is 5.69 Å². The third-order valence-electron chi connectivity index (χ3n) is 1.74. The molecule has 1 aromatic rings. The van der Waals surface area contributed by atoms with Crippen LogP contribution in [0.25, 0.3) is 0 Å². The molecule has 0 aliphatic rings. The Labute approximate surface area is 98.2 Å². The van der Waals surface area contributed by atoms with Crippen molar-refractivity contribution in [3.8, 4) is 0 Å². The van der Waals surface area contributed by atoms with Crippen molar-refractivity contribution in [2.45, 2.75) is 6.42 Å². The second-order valence-corrected chi connectivity index (χ2v) is 3.29. The lowest BCUT2D eigenvalue weighted by atomic mass is 10.3. The highest BCUT2D eigenvalue weighted by molar-refractivity contribution is 6.27. The van der Waals surface area contributed by atoms with Crippen molar-refractivity contribution < 1.29 is 9.59 Å². The van der Waals surface area contributed by atoms with Crippen LogP contribution in [0.5, 0.6) is 0 Å². The molecule has 0 bridgehead atoms. The van der Waals surface area contributed by atoms with E-state index in [4.69, 9.17) is 11.6 Å². The molecule has 5 nitrogen and oxygen atoms in total. The maximum absolute atomic E-state index is 11.4. The molecule has 0 aliphatic heterocycles. The van der Waals surface area contributed by atoms with Gasteiger partial charge < -0.3 is 10.6 Å². The molecule has 0 fully saturated rings. The normalized spacial score (nSPS) is 9.56. The standard InChI is InChI=1S/C10H12ClN3O2/c11-6-10(16)13-5-3-9(15)14-8-2-1-4-12-7-8/h1-2,4,7H,3,5-6H2,(H,13,16)(H,14,15). The highest BCUT2D eigenvalue weighted by atomic mass is 35.5. The molecule has 0 aromatic carbocycles. The van der Waals surface area contributed by atoms with Crippen molar-refractivity contribution in [3.05, 3.63) is 24.5 Å². The molecule has 1 heterocycles. The zero-order valence-corrected chi connectivity index (χ0v) is 9.33. The molecule has 0 saturated carbocycles. The summed E-state index contributed by atoms with van der Waals surface area (Å²) in [5.41, 5.74) is 0.635. The van der Waals surface area contributed by atoms with Crippen LogP contribution in [-0.4, -0.2) is 29.2 Å². The number of halogens is 1. The zero-order valence-electron chi connectivity index (χ0n) is 8.57. The molecule has 0 spiro atoms. The second kappa shape index (κ2) is 6.79. The number of nitrogens with zero attached hydrogens (tertiary/aromatic N) is 1. The van der Waals surface area contributed by atoms with E-state index in [-0.39, 0.29) is 30.7 Å². The van der Waals surface area contributed by atoms with Gasteiger partial charge in [-0.3, -0.25) is 14.6 Å². The van der Waals surface area contributed by atoms with E-state index in [2.05, 4.69) is 15.6 Å². The summed E-state index contributed by atoms with van der Waals surface area (Å²) in [4.78, 5) is 26.0. The first-order chi connectivity index (χ1) is 7.72. The summed E-state index contributed by atoms with van der Waals surface area (Å²) in [6.45, 7) is 0.275. The number of amides is 2. The highest BCUT2D eigenvalue weighted by Gasteiger charge is 2.03. The molecule has 16 heavy (non-hydrogen) atoms. The number of hydrogen-bond donors (Lipinski definition) is 2. The SMILES string of the molecule is O=C(CCl)NCCC(=O)Nc1cccnc1. The van der Waals surface area contributed by atoms with E-state index < -0.39 is 0 Å². The second-order valence-electron chi connectivity index (χ2n) is 3.02. The topological polar surface area (TPSA) is 71.1 Å². The summed E-state index contributed by atoms with van der Waals surface area (Å²) >= 11 is 5.28. The lowest BCUT2D eigenvalue weighted by Crippen LogP contribution is -2.28. The molecule has 2 amide bonds. The van der Waals surface area contributed by atoms with Crippen molar-refractivity contribution in [3.63, 3.8) is 0 Å². The number of pyridine rings is 1. The third kappa shape index (κ3) is 4.75. The van der Waals surface area contributed by atoms with Gasteiger partial charge in [-0.05, 0) is 12.1 Å². The molecule has 6 heteroatoms. The average Bonchev–Trinajstić information content (AvgIpc) is 2.30. The molecule has 86 valence electrons. The maximum atomic E-state index is 11.4. The number of carbonyl (C=O) groups is 2. The van der Waals surface area contributed by atoms with Crippen LogP contribution in [0.1, 0.15) is 6.42 Å². The molecule has 2 N–H and O–H groups in total. The lowest BCUT2D eigenvalue weighted by Gasteiger charge is -2.04. The minimum absolute atomic E-state index is 0.0930. The number of alkyl halides is 1. The fraction of sp³-hybridized carbons (Fsp3) is 0.300. The molecule has 1 rings (SSSR count).